The molecule has 0 bridgehead atoms. The molecular weight excluding hydrogens is 462 g/mol. The first-order chi connectivity index (χ1) is 15.8. The molecule has 33 heavy (non-hydrogen) atoms. The Morgan fingerprint density at radius 1 is 1.12 bits per heavy atom. The average Bonchev–Trinajstić information content (AvgIpc) is 2.79. The third-order valence-electron chi connectivity index (χ3n) is 4.74. The van der Waals surface area contributed by atoms with Crippen LogP contribution >= 0.6 is 11.6 Å². The lowest BCUT2D eigenvalue weighted by molar-refractivity contribution is 0.460. The lowest BCUT2D eigenvalue weighted by Gasteiger charge is -2.11. The molecule has 0 aliphatic rings. The van der Waals surface area contributed by atoms with Crippen LogP contribution in [0.15, 0.2) is 87.5 Å². The fraction of sp³-hybridized carbons (Fsp3) is 0.0417. The zero-order valence-corrected chi connectivity index (χ0v) is 18.8. The second kappa shape index (κ2) is 8.90. The van der Waals surface area contributed by atoms with Gasteiger partial charge in [-0.1, -0.05) is 29.8 Å². The molecule has 9 heteroatoms. The number of sulfone groups is 1. The normalized spacial score (nSPS) is 11.8. The first-order valence-electron chi connectivity index (χ1n) is 9.68. The van der Waals surface area contributed by atoms with Crippen molar-refractivity contribution >= 4 is 33.2 Å². The van der Waals surface area contributed by atoms with Crippen molar-refractivity contribution in [1.82, 2.24) is 9.38 Å². The van der Waals surface area contributed by atoms with Gasteiger partial charge in [0.05, 0.1) is 4.90 Å². The number of nitriles is 1. The molecular formula is C24H16ClN3O4S. The SMILES string of the molecule is Cc1cccc(Oc2nc3ccccn3c(=O)c2C=C(C#N)S(=O)(=O)c2ccc(Cl)cc2)c1. The van der Waals surface area contributed by atoms with Crippen LogP contribution < -0.4 is 10.3 Å². The minimum absolute atomic E-state index is 0.115. The van der Waals surface area contributed by atoms with E-state index >= 15 is 0 Å². The molecule has 0 unspecified atom stereocenters. The van der Waals surface area contributed by atoms with Crippen LogP contribution in [0.2, 0.25) is 5.02 Å². The first kappa shape index (κ1) is 22.3. The second-order valence-corrected chi connectivity index (χ2v) is 9.42. The lowest BCUT2D eigenvalue weighted by atomic mass is 10.2. The van der Waals surface area contributed by atoms with Crippen molar-refractivity contribution < 1.29 is 13.2 Å². The topological polar surface area (TPSA) is 102 Å². The molecule has 2 heterocycles. The number of aromatic nitrogens is 2. The molecule has 0 fully saturated rings. The van der Waals surface area contributed by atoms with Crippen molar-refractivity contribution in [1.29, 1.82) is 5.26 Å². The highest BCUT2D eigenvalue weighted by Crippen LogP contribution is 2.27. The second-order valence-electron chi connectivity index (χ2n) is 7.06. The largest absolute Gasteiger partial charge is 0.438 e. The molecule has 0 aliphatic heterocycles. The summed E-state index contributed by atoms with van der Waals surface area (Å²) in [5.74, 6) is 0.298. The fourth-order valence-electron chi connectivity index (χ4n) is 3.12. The molecule has 0 amide bonds. The van der Waals surface area contributed by atoms with E-state index in [4.69, 9.17) is 16.3 Å². The van der Waals surface area contributed by atoms with Gasteiger partial charge in [-0.2, -0.15) is 10.2 Å². The van der Waals surface area contributed by atoms with Gasteiger partial charge in [-0.25, -0.2) is 8.42 Å². The van der Waals surface area contributed by atoms with Crippen LogP contribution in [0.25, 0.3) is 11.7 Å². The molecule has 0 spiro atoms. The standard InChI is InChI=1S/C24H16ClN3O4S/c1-16-5-4-6-18(13-16)32-23-21(24(29)28-12-3-2-7-22(28)27-23)14-20(15-26)33(30,31)19-10-8-17(25)9-11-19/h2-14H,1H3. The van der Waals surface area contributed by atoms with Gasteiger partial charge >= 0.3 is 0 Å². The van der Waals surface area contributed by atoms with Crippen LogP contribution in [0, 0.1) is 18.3 Å². The van der Waals surface area contributed by atoms with Crippen molar-refractivity contribution in [2.75, 3.05) is 0 Å². The molecule has 0 radical (unpaired) electrons. The Balaban J connectivity index is 1.93. The quantitative estimate of drug-likeness (QED) is 0.383. The molecule has 7 nitrogen and oxygen atoms in total. The third kappa shape index (κ3) is 4.51. The number of ether oxygens (including phenoxy) is 1. The highest BCUT2D eigenvalue weighted by Gasteiger charge is 2.23. The fourth-order valence-corrected chi connectivity index (χ4v) is 4.38. The van der Waals surface area contributed by atoms with Gasteiger partial charge in [0.15, 0.2) is 0 Å². The number of benzene rings is 2. The Hall–Kier alpha value is -3.93. The summed E-state index contributed by atoms with van der Waals surface area (Å²) >= 11 is 5.85. The third-order valence-corrected chi connectivity index (χ3v) is 6.67. The van der Waals surface area contributed by atoms with Crippen molar-refractivity contribution in [3.05, 3.63) is 104 Å². The number of halogens is 1. The average molecular weight is 478 g/mol. The van der Waals surface area contributed by atoms with Gasteiger partial charge in [0.2, 0.25) is 15.7 Å². The Labute approximate surface area is 194 Å². The number of aryl methyl sites for hydroxylation is 1. The lowest BCUT2D eigenvalue weighted by Crippen LogP contribution is -2.19. The molecule has 0 N–H and O–H groups in total. The van der Waals surface area contributed by atoms with E-state index in [2.05, 4.69) is 4.98 Å². The van der Waals surface area contributed by atoms with Crippen LogP contribution in [0.4, 0.5) is 0 Å². The summed E-state index contributed by atoms with van der Waals surface area (Å²) in [7, 11) is -4.22. The molecule has 2 aromatic carbocycles. The maximum atomic E-state index is 13.2. The van der Waals surface area contributed by atoms with Crippen molar-refractivity contribution in [3.63, 3.8) is 0 Å². The summed E-state index contributed by atoms with van der Waals surface area (Å²) in [5.41, 5.74) is 0.475. The molecule has 2 aromatic heterocycles. The molecule has 0 aliphatic carbocycles. The maximum absolute atomic E-state index is 13.2. The molecule has 0 saturated carbocycles. The Morgan fingerprint density at radius 3 is 2.58 bits per heavy atom. The first-order valence-corrected chi connectivity index (χ1v) is 11.5. The highest BCUT2D eigenvalue weighted by molar-refractivity contribution is 7.95. The van der Waals surface area contributed by atoms with E-state index < -0.39 is 20.3 Å². The molecule has 4 aromatic rings. The molecule has 164 valence electrons. The minimum Gasteiger partial charge on any atom is -0.438 e. The van der Waals surface area contributed by atoms with Gasteiger partial charge in [-0.15, -0.1) is 0 Å². The predicted molar refractivity (Wildman–Crippen MR) is 125 cm³/mol. The summed E-state index contributed by atoms with van der Waals surface area (Å²) < 4.78 is 33.2. The van der Waals surface area contributed by atoms with E-state index in [1.807, 2.05) is 13.0 Å². The maximum Gasteiger partial charge on any atom is 0.269 e. The van der Waals surface area contributed by atoms with E-state index in [1.54, 1.807) is 42.5 Å². The van der Waals surface area contributed by atoms with Crippen LogP contribution in [0.5, 0.6) is 11.6 Å². The van der Waals surface area contributed by atoms with Gasteiger partial charge in [-0.3, -0.25) is 9.20 Å². The van der Waals surface area contributed by atoms with Crippen LogP contribution in [-0.2, 0) is 9.84 Å². The van der Waals surface area contributed by atoms with Crippen molar-refractivity contribution in [3.8, 4) is 17.7 Å². The summed E-state index contributed by atoms with van der Waals surface area (Å²) in [6.07, 6.45) is 2.49. The number of rotatable bonds is 5. The van der Waals surface area contributed by atoms with Gasteiger partial charge in [0.25, 0.3) is 5.56 Å². The smallest absolute Gasteiger partial charge is 0.269 e. The molecule has 0 saturated heterocycles. The zero-order chi connectivity index (χ0) is 23.6. The molecule has 0 atom stereocenters. The number of allylic oxidation sites excluding steroid dienone is 1. The van der Waals surface area contributed by atoms with Crippen LogP contribution in [-0.4, -0.2) is 17.8 Å². The van der Waals surface area contributed by atoms with E-state index in [0.717, 1.165) is 11.6 Å². The molecule has 4 rings (SSSR count). The number of fused-ring (bicyclic) bond motifs is 1. The monoisotopic (exact) mass is 477 g/mol. The summed E-state index contributed by atoms with van der Waals surface area (Å²) in [6.45, 7) is 1.88. The van der Waals surface area contributed by atoms with Crippen molar-refractivity contribution in [2.45, 2.75) is 11.8 Å². The van der Waals surface area contributed by atoms with E-state index in [1.165, 1.54) is 34.9 Å². The van der Waals surface area contributed by atoms with Crippen molar-refractivity contribution in [2.24, 2.45) is 0 Å². The van der Waals surface area contributed by atoms with E-state index in [-0.39, 0.29) is 16.3 Å². The Bertz CT molecular complexity index is 1600. The van der Waals surface area contributed by atoms with Crippen LogP contribution in [0.3, 0.4) is 0 Å². The van der Waals surface area contributed by atoms with E-state index in [0.29, 0.717) is 16.4 Å². The number of pyridine rings is 1. The number of nitrogens with zero attached hydrogens (tertiary/aromatic N) is 3. The van der Waals surface area contributed by atoms with E-state index in [9.17, 15) is 18.5 Å². The minimum atomic E-state index is -4.22. The predicted octanol–water partition coefficient (Wildman–Crippen LogP) is 4.79. The zero-order valence-electron chi connectivity index (χ0n) is 17.3. The van der Waals surface area contributed by atoms with Gasteiger partial charge in [0, 0.05) is 11.2 Å². The Morgan fingerprint density at radius 2 is 1.88 bits per heavy atom. The summed E-state index contributed by atoms with van der Waals surface area (Å²) in [6, 6.07) is 19.1. The summed E-state index contributed by atoms with van der Waals surface area (Å²) in [5, 5.41) is 10.0. The van der Waals surface area contributed by atoms with Gasteiger partial charge in [0.1, 0.15) is 27.9 Å². The van der Waals surface area contributed by atoms with Crippen LogP contribution in [0.1, 0.15) is 11.1 Å². The van der Waals surface area contributed by atoms with Gasteiger partial charge < -0.3 is 4.74 Å². The summed E-state index contributed by atoms with van der Waals surface area (Å²) in [4.78, 5) is 16.9. The van der Waals surface area contributed by atoms with Gasteiger partial charge in [-0.05, 0) is 67.1 Å². The highest BCUT2D eigenvalue weighted by atomic mass is 35.5. The Kier molecular flexibility index (Phi) is 6.01. The number of hydrogen-bond acceptors (Lipinski definition) is 6. The number of hydrogen-bond donors (Lipinski definition) is 0.